The van der Waals surface area contributed by atoms with Gasteiger partial charge in [-0.2, -0.15) is 26.3 Å². The first kappa shape index (κ1) is 27.0. The third kappa shape index (κ3) is 6.08. The number of nitrogens with one attached hydrogen (secondary N) is 1. The van der Waals surface area contributed by atoms with Crippen molar-refractivity contribution in [3.05, 3.63) is 70.8 Å². The monoisotopic (exact) mass is 527 g/mol. The van der Waals surface area contributed by atoms with E-state index in [4.69, 9.17) is 0 Å². The summed E-state index contributed by atoms with van der Waals surface area (Å²) < 4.78 is 79.6. The summed E-state index contributed by atoms with van der Waals surface area (Å²) in [4.78, 5) is 29.3. The van der Waals surface area contributed by atoms with E-state index >= 15 is 0 Å². The highest BCUT2D eigenvalue weighted by Crippen LogP contribution is 2.38. The molecular formula is C26H27F6N3O2. The highest BCUT2D eigenvalue weighted by Gasteiger charge is 2.41. The van der Waals surface area contributed by atoms with Gasteiger partial charge in [0, 0.05) is 51.6 Å². The van der Waals surface area contributed by atoms with Gasteiger partial charge in [0.2, 0.25) is 11.8 Å². The number of nitrogens with zero attached hydrogens (tertiary/aromatic N) is 2. The predicted octanol–water partition coefficient (Wildman–Crippen LogP) is 4.53. The Bertz CT molecular complexity index is 1100. The van der Waals surface area contributed by atoms with E-state index in [-0.39, 0.29) is 29.4 Å². The molecule has 0 aliphatic carbocycles. The normalized spacial score (nSPS) is 20.9. The average molecular weight is 528 g/mol. The molecule has 2 aliphatic rings. The van der Waals surface area contributed by atoms with Crippen LogP contribution in [0.2, 0.25) is 0 Å². The van der Waals surface area contributed by atoms with Crippen LogP contribution in [0.25, 0.3) is 0 Å². The van der Waals surface area contributed by atoms with E-state index in [9.17, 15) is 35.9 Å². The van der Waals surface area contributed by atoms with Crippen LogP contribution in [0.3, 0.4) is 0 Å². The SMILES string of the molecule is CN(Cc1cc(C(F)(F)F)cc(C(F)(F)F)c1)C(=O)[C@H]1CCN(C(=O)C2CNC2)C[C@H]1c1ccccc1. The van der Waals surface area contributed by atoms with Crippen LogP contribution >= 0.6 is 0 Å². The molecule has 11 heteroatoms. The minimum absolute atomic E-state index is 0.0163. The Morgan fingerprint density at radius 2 is 1.57 bits per heavy atom. The molecule has 2 amide bonds. The maximum absolute atomic E-state index is 13.5. The van der Waals surface area contributed by atoms with Gasteiger partial charge in [0.25, 0.3) is 0 Å². The summed E-state index contributed by atoms with van der Waals surface area (Å²) in [6, 6.07) is 10.5. The Kier molecular flexibility index (Phi) is 7.55. The first-order valence-corrected chi connectivity index (χ1v) is 11.9. The number of carbonyl (C=O) groups excluding carboxylic acids is 2. The van der Waals surface area contributed by atoms with E-state index in [1.54, 1.807) is 4.90 Å². The van der Waals surface area contributed by atoms with Crippen molar-refractivity contribution >= 4 is 11.8 Å². The molecule has 0 spiro atoms. The third-order valence-electron chi connectivity index (χ3n) is 7.04. The van der Waals surface area contributed by atoms with Crippen LogP contribution in [-0.2, 0) is 28.5 Å². The molecule has 2 aliphatic heterocycles. The van der Waals surface area contributed by atoms with Gasteiger partial charge in [0.05, 0.1) is 17.0 Å². The van der Waals surface area contributed by atoms with E-state index < -0.39 is 41.8 Å². The third-order valence-corrected chi connectivity index (χ3v) is 7.04. The maximum Gasteiger partial charge on any atom is 0.416 e. The number of benzene rings is 2. The van der Waals surface area contributed by atoms with Gasteiger partial charge in [-0.05, 0) is 35.7 Å². The van der Waals surface area contributed by atoms with Gasteiger partial charge in [0.15, 0.2) is 0 Å². The highest BCUT2D eigenvalue weighted by atomic mass is 19.4. The Hall–Kier alpha value is -3.08. The zero-order valence-electron chi connectivity index (χ0n) is 20.1. The molecule has 1 N–H and O–H groups in total. The second-order valence-corrected chi connectivity index (χ2v) is 9.66. The fraction of sp³-hybridized carbons (Fsp3) is 0.462. The summed E-state index contributed by atoms with van der Waals surface area (Å²) in [5.41, 5.74) is -2.26. The molecule has 2 atom stereocenters. The van der Waals surface area contributed by atoms with Crippen molar-refractivity contribution < 1.29 is 35.9 Å². The summed E-state index contributed by atoms with van der Waals surface area (Å²) in [6.07, 6.45) is -9.59. The Morgan fingerprint density at radius 3 is 2.08 bits per heavy atom. The average Bonchev–Trinajstić information content (AvgIpc) is 2.81. The quantitative estimate of drug-likeness (QED) is 0.582. The van der Waals surface area contributed by atoms with E-state index in [2.05, 4.69) is 5.32 Å². The maximum atomic E-state index is 13.5. The number of halogens is 6. The van der Waals surface area contributed by atoms with Crippen molar-refractivity contribution in [1.82, 2.24) is 15.1 Å². The second-order valence-electron chi connectivity index (χ2n) is 9.66. The van der Waals surface area contributed by atoms with Crippen molar-refractivity contribution in [3.63, 3.8) is 0 Å². The standard InChI is InChI=1S/C26H27F6N3O2/c1-34(14-16-9-19(25(27,28)29)11-20(10-16)26(30,31)32)24(37)21-7-8-35(23(36)18-12-33-13-18)15-22(21)17-5-3-2-4-6-17/h2-6,9-11,18,21-22,33H,7-8,12-15H2,1H3/t21-,22-/m0/s1. The molecule has 200 valence electrons. The number of hydrogen-bond donors (Lipinski definition) is 1. The van der Waals surface area contributed by atoms with Crippen molar-refractivity contribution in [3.8, 4) is 0 Å². The van der Waals surface area contributed by atoms with E-state index in [0.717, 1.165) is 5.56 Å². The van der Waals surface area contributed by atoms with Gasteiger partial charge < -0.3 is 15.1 Å². The Balaban J connectivity index is 1.56. The van der Waals surface area contributed by atoms with E-state index in [1.807, 2.05) is 30.3 Å². The molecule has 2 fully saturated rings. The summed E-state index contributed by atoms with van der Waals surface area (Å²) in [5.74, 6) is -1.41. The van der Waals surface area contributed by atoms with Crippen molar-refractivity contribution in [2.24, 2.45) is 11.8 Å². The lowest BCUT2D eigenvalue weighted by molar-refractivity contribution is -0.144. The first-order chi connectivity index (χ1) is 17.3. The molecule has 0 unspecified atom stereocenters. The van der Waals surface area contributed by atoms with Crippen LogP contribution in [0.4, 0.5) is 26.3 Å². The highest BCUT2D eigenvalue weighted by molar-refractivity contribution is 5.82. The molecule has 4 rings (SSSR count). The van der Waals surface area contributed by atoms with Crippen molar-refractivity contribution in [2.75, 3.05) is 33.2 Å². The molecule has 2 saturated heterocycles. The lowest BCUT2D eigenvalue weighted by Crippen LogP contribution is -2.55. The summed E-state index contributed by atoms with van der Waals surface area (Å²) in [5, 5.41) is 3.07. The molecule has 37 heavy (non-hydrogen) atoms. The minimum Gasteiger partial charge on any atom is -0.342 e. The van der Waals surface area contributed by atoms with E-state index in [1.165, 1.54) is 11.9 Å². The van der Waals surface area contributed by atoms with E-state index in [0.29, 0.717) is 44.7 Å². The van der Waals surface area contributed by atoms with Crippen LogP contribution in [0.1, 0.15) is 34.6 Å². The fourth-order valence-corrected chi connectivity index (χ4v) is 4.95. The van der Waals surface area contributed by atoms with Crippen LogP contribution in [-0.4, -0.2) is 54.8 Å². The number of alkyl halides is 6. The molecule has 0 bridgehead atoms. The summed E-state index contributed by atoms with van der Waals surface area (Å²) in [7, 11) is 1.37. The molecule has 2 heterocycles. The molecule has 2 aromatic carbocycles. The zero-order valence-corrected chi connectivity index (χ0v) is 20.1. The number of carbonyl (C=O) groups is 2. The Labute approximate surface area is 210 Å². The van der Waals surface area contributed by atoms with Gasteiger partial charge in [-0.3, -0.25) is 9.59 Å². The van der Waals surface area contributed by atoms with Crippen LogP contribution in [0, 0.1) is 11.8 Å². The van der Waals surface area contributed by atoms with Crippen molar-refractivity contribution in [2.45, 2.75) is 31.2 Å². The predicted molar refractivity (Wildman–Crippen MR) is 123 cm³/mol. The second kappa shape index (κ2) is 10.4. The Morgan fingerprint density at radius 1 is 0.973 bits per heavy atom. The number of rotatable bonds is 5. The lowest BCUT2D eigenvalue weighted by Gasteiger charge is -2.42. The molecule has 0 aromatic heterocycles. The van der Waals surface area contributed by atoms with Crippen LogP contribution in [0.5, 0.6) is 0 Å². The largest absolute Gasteiger partial charge is 0.416 e. The number of likely N-dealkylation sites (tertiary alicyclic amines) is 1. The van der Waals surface area contributed by atoms with Gasteiger partial charge in [-0.1, -0.05) is 30.3 Å². The smallest absolute Gasteiger partial charge is 0.342 e. The van der Waals surface area contributed by atoms with Gasteiger partial charge in [-0.25, -0.2) is 0 Å². The van der Waals surface area contributed by atoms with Crippen LogP contribution in [0.15, 0.2) is 48.5 Å². The molecule has 0 radical (unpaired) electrons. The van der Waals surface area contributed by atoms with Gasteiger partial charge >= 0.3 is 12.4 Å². The summed E-state index contributed by atoms with van der Waals surface area (Å²) >= 11 is 0. The minimum atomic E-state index is -4.97. The van der Waals surface area contributed by atoms with Crippen molar-refractivity contribution in [1.29, 1.82) is 0 Å². The topological polar surface area (TPSA) is 52.7 Å². The first-order valence-electron chi connectivity index (χ1n) is 11.9. The van der Waals surface area contributed by atoms with Gasteiger partial charge in [0.1, 0.15) is 0 Å². The summed E-state index contributed by atoms with van der Waals surface area (Å²) in [6.45, 7) is 1.46. The molecule has 5 nitrogen and oxygen atoms in total. The fourth-order valence-electron chi connectivity index (χ4n) is 4.95. The number of piperidine rings is 1. The number of amides is 2. The molecular weight excluding hydrogens is 500 g/mol. The van der Waals surface area contributed by atoms with Gasteiger partial charge in [-0.15, -0.1) is 0 Å². The zero-order chi connectivity index (χ0) is 27.0. The lowest BCUT2D eigenvalue weighted by atomic mass is 9.79. The number of hydrogen-bond acceptors (Lipinski definition) is 3. The molecule has 0 saturated carbocycles. The molecule has 2 aromatic rings. The van der Waals surface area contributed by atoms with Crippen LogP contribution < -0.4 is 5.32 Å².